The number of hydrogen-bond donors (Lipinski definition) is 1. The van der Waals surface area contributed by atoms with E-state index >= 15 is 0 Å². The highest BCUT2D eigenvalue weighted by Gasteiger charge is 2.20. The maximum atomic E-state index is 11.9. The van der Waals surface area contributed by atoms with Crippen LogP contribution in [-0.4, -0.2) is 20.5 Å². The van der Waals surface area contributed by atoms with Crippen LogP contribution in [0.1, 0.15) is 36.9 Å². The molecular formula is C11H16O4S. The normalized spacial score (nSPS) is 15.0. The van der Waals surface area contributed by atoms with Gasteiger partial charge in [-0.05, 0) is 12.0 Å². The van der Waals surface area contributed by atoms with E-state index in [2.05, 4.69) is 0 Å². The number of aromatic carboxylic acids is 1. The zero-order valence-electron chi connectivity index (χ0n) is 9.60. The molecule has 2 atom stereocenters. The topological polar surface area (TPSA) is 67.5 Å². The van der Waals surface area contributed by atoms with Gasteiger partial charge >= 0.3 is 5.97 Å². The first-order valence-corrected chi connectivity index (χ1v) is 6.48. The van der Waals surface area contributed by atoms with Gasteiger partial charge in [0.25, 0.3) is 0 Å². The van der Waals surface area contributed by atoms with Crippen molar-refractivity contribution >= 4 is 16.8 Å². The van der Waals surface area contributed by atoms with Crippen LogP contribution in [0.5, 0.6) is 0 Å². The van der Waals surface area contributed by atoms with Gasteiger partial charge < -0.3 is 9.52 Å². The second-order valence-corrected chi connectivity index (χ2v) is 5.85. The van der Waals surface area contributed by atoms with Gasteiger partial charge in [-0.2, -0.15) is 0 Å². The van der Waals surface area contributed by atoms with Crippen LogP contribution in [0, 0.1) is 5.92 Å². The lowest BCUT2D eigenvalue weighted by atomic mass is 10.2. The van der Waals surface area contributed by atoms with Crippen molar-refractivity contribution in [2.75, 3.05) is 0 Å². The van der Waals surface area contributed by atoms with Crippen LogP contribution in [0.25, 0.3) is 0 Å². The maximum Gasteiger partial charge on any atom is 0.372 e. The van der Waals surface area contributed by atoms with Gasteiger partial charge in [0.15, 0.2) is 0 Å². The van der Waals surface area contributed by atoms with E-state index in [1.165, 1.54) is 6.26 Å². The summed E-state index contributed by atoms with van der Waals surface area (Å²) in [7, 11) is -1.07. The molecule has 0 aliphatic carbocycles. The summed E-state index contributed by atoms with van der Waals surface area (Å²) in [6.07, 6.45) is 1.32. The van der Waals surface area contributed by atoms with Crippen molar-refractivity contribution in [1.82, 2.24) is 0 Å². The van der Waals surface area contributed by atoms with Gasteiger partial charge in [-0.15, -0.1) is 0 Å². The second kappa shape index (κ2) is 5.30. The molecule has 4 nitrogen and oxygen atoms in total. The Balaban J connectivity index is 2.77. The Labute approximate surface area is 97.1 Å². The van der Waals surface area contributed by atoms with Crippen LogP contribution in [0.4, 0.5) is 0 Å². The first-order valence-electron chi connectivity index (χ1n) is 5.10. The monoisotopic (exact) mass is 244 g/mol. The van der Waals surface area contributed by atoms with Gasteiger partial charge in [0, 0.05) is 21.6 Å². The average Bonchev–Trinajstić information content (AvgIpc) is 2.64. The van der Waals surface area contributed by atoms with E-state index in [0.29, 0.717) is 11.5 Å². The SMILES string of the molecule is CC(C)C(C)S(=O)Cc1ccoc1C(=O)O. The quantitative estimate of drug-likeness (QED) is 0.862. The Bertz CT molecular complexity index is 394. The first kappa shape index (κ1) is 13.0. The molecule has 2 unspecified atom stereocenters. The fraction of sp³-hybridized carbons (Fsp3) is 0.545. The minimum atomic E-state index is -1.12. The molecule has 0 spiro atoms. The Morgan fingerprint density at radius 1 is 1.50 bits per heavy atom. The number of rotatable bonds is 5. The van der Waals surface area contributed by atoms with Crippen molar-refractivity contribution in [3.63, 3.8) is 0 Å². The van der Waals surface area contributed by atoms with E-state index in [1.807, 2.05) is 20.8 Å². The molecule has 1 N–H and O–H groups in total. The highest BCUT2D eigenvalue weighted by atomic mass is 32.2. The molecule has 1 aromatic heterocycles. The van der Waals surface area contributed by atoms with E-state index in [4.69, 9.17) is 9.52 Å². The van der Waals surface area contributed by atoms with Gasteiger partial charge in [-0.3, -0.25) is 4.21 Å². The van der Waals surface area contributed by atoms with Crippen molar-refractivity contribution in [3.8, 4) is 0 Å². The molecule has 0 amide bonds. The van der Waals surface area contributed by atoms with Crippen molar-refractivity contribution < 1.29 is 18.5 Å². The van der Waals surface area contributed by atoms with Crippen LogP contribution in [-0.2, 0) is 16.6 Å². The molecule has 0 bridgehead atoms. The zero-order valence-corrected chi connectivity index (χ0v) is 10.4. The molecule has 0 fully saturated rings. The Morgan fingerprint density at radius 2 is 2.12 bits per heavy atom. The predicted molar refractivity (Wildman–Crippen MR) is 61.8 cm³/mol. The molecule has 1 heterocycles. The van der Waals surface area contributed by atoms with Crippen molar-refractivity contribution in [1.29, 1.82) is 0 Å². The fourth-order valence-corrected chi connectivity index (χ4v) is 2.63. The number of carboxylic acid groups (broad SMARTS) is 1. The third kappa shape index (κ3) is 2.95. The van der Waals surface area contributed by atoms with Crippen LogP contribution in [0.2, 0.25) is 0 Å². The number of furan rings is 1. The highest BCUT2D eigenvalue weighted by molar-refractivity contribution is 7.84. The van der Waals surface area contributed by atoms with E-state index in [1.54, 1.807) is 6.07 Å². The summed E-state index contributed by atoms with van der Waals surface area (Å²) >= 11 is 0. The van der Waals surface area contributed by atoms with Crippen molar-refractivity contribution in [2.45, 2.75) is 31.8 Å². The third-order valence-electron chi connectivity index (χ3n) is 2.59. The molecule has 0 saturated heterocycles. The summed E-state index contributed by atoms with van der Waals surface area (Å²) in [6.45, 7) is 5.90. The molecule has 90 valence electrons. The maximum absolute atomic E-state index is 11.9. The minimum absolute atomic E-state index is 0.0385. The van der Waals surface area contributed by atoms with E-state index in [0.717, 1.165) is 0 Å². The number of carbonyl (C=O) groups is 1. The molecule has 5 heteroatoms. The summed E-state index contributed by atoms with van der Waals surface area (Å²) in [6, 6.07) is 1.56. The number of carboxylic acids is 1. The Hall–Kier alpha value is -1.10. The molecule has 16 heavy (non-hydrogen) atoms. The largest absolute Gasteiger partial charge is 0.475 e. The molecule has 1 rings (SSSR count). The van der Waals surface area contributed by atoms with Gasteiger partial charge in [-0.1, -0.05) is 20.8 Å². The summed E-state index contributed by atoms with van der Waals surface area (Å²) in [5, 5.41) is 8.86. The summed E-state index contributed by atoms with van der Waals surface area (Å²) in [5.74, 6) is -0.684. The van der Waals surface area contributed by atoms with Gasteiger partial charge in [-0.25, -0.2) is 4.79 Å². The standard InChI is InChI=1S/C11H16O4S/c1-7(2)8(3)16(14)6-9-4-5-15-10(9)11(12)13/h4-5,7-8H,6H2,1-3H3,(H,12,13). The lowest BCUT2D eigenvalue weighted by molar-refractivity contribution is 0.0661. The first-order chi connectivity index (χ1) is 7.43. The summed E-state index contributed by atoms with van der Waals surface area (Å²) in [4.78, 5) is 10.8. The van der Waals surface area contributed by atoms with E-state index in [9.17, 15) is 9.00 Å². The average molecular weight is 244 g/mol. The third-order valence-corrected chi connectivity index (χ3v) is 4.56. The van der Waals surface area contributed by atoms with Crippen LogP contribution >= 0.6 is 0 Å². The molecule has 0 aliphatic rings. The molecule has 1 aromatic rings. The van der Waals surface area contributed by atoms with Gasteiger partial charge in [0.05, 0.1) is 12.0 Å². The minimum Gasteiger partial charge on any atom is -0.475 e. The Kier molecular flexibility index (Phi) is 4.29. The molecule has 0 aliphatic heterocycles. The fourth-order valence-electron chi connectivity index (χ4n) is 1.23. The highest BCUT2D eigenvalue weighted by Crippen LogP contribution is 2.17. The predicted octanol–water partition coefficient (Wildman–Crippen LogP) is 2.27. The summed E-state index contributed by atoms with van der Waals surface area (Å²) < 4.78 is 16.7. The van der Waals surface area contributed by atoms with Crippen molar-refractivity contribution in [2.24, 2.45) is 5.92 Å². The van der Waals surface area contributed by atoms with Crippen LogP contribution < -0.4 is 0 Å². The number of hydrogen-bond acceptors (Lipinski definition) is 3. The molecule has 0 radical (unpaired) electrons. The van der Waals surface area contributed by atoms with E-state index < -0.39 is 16.8 Å². The van der Waals surface area contributed by atoms with Crippen LogP contribution in [0.15, 0.2) is 16.7 Å². The second-order valence-electron chi connectivity index (χ2n) is 4.05. The molecule has 0 aromatic carbocycles. The lowest BCUT2D eigenvalue weighted by Gasteiger charge is -2.14. The van der Waals surface area contributed by atoms with Crippen LogP contribution in [0.3, 0.4) is 0 Å². The Morgan fingerprint density at radius 3 is 2.62 bits per heavy atom. The smallest absolute Gasteiger partial charge is 0.372 e. The van der Waals surface area contributed by atoms with E-state index in [-0.39, 0.29) is 16.8 Å². The molecular weight excluding hydrogens is 228 g/mol. The lowest BCUT2D eigenvalue weighted by Crippen LogP contribution is -2.19. The van der Waals surface area contributed by atoms with Crippen molar-refractivity contribution in [3.05, 3.63) is 23.7 Å². The zero-order chi connectivity index (χ0) is 12.3. The van der Waals surface area contributed by atoms with Gasteiger partial charge in [0.1, 0.15) is 0 Å². The molecule has 0 saturated carbocycles. The van der Waals surface area contributed by atoms with Gasteiger partial charge in [0.2, 0.25) is 5.76 Å². The summed E-state index contributed by atoms with van der Waals surface area (Å²) in [5.41, 5.74) is 0.498.